The number of amides is 2. The molecule has 1 saturated heterocycles. The maximum atomic E-state index is 12.8. The van der Waals surface area contributed by atoms with Crippen LogP contribution >= 0.6 is 0 Å². The topological polar surface area (TPSA) is 66.8 Å². The van der Waals surface area contributed by atoms with Crippen molar-refractivity contribution in [2.24, 2.45) is 7.05 Å². The Balaban J connectivity index is 1.45. The van der Waals surface area contributed by atoms with Gasteiger partial charge in [0.25, 0.3) is 5.56 Å². The fraction of sp³-hybridized carbons (Fsp3) is 0.273. The molecule has 0 aliphatic carbocycles. The number of rotatable bonds is 3. The van der Waals surface area contributed by atoms with Gasteiger partial charge in [-0.15, -0.1) is 0 Å². The number of aromatic nitrogens is 1. The average molecular weight is 392 g/mol. The van der Waals surface area contributed by atoms with Crippen molar-refractivity contribution in [3.8, 4) is 5.75 Å². The summed E-state index contributed by atoms with van der Waals surface area (Å²) in [6, 6.07) is 15.1. The van der Waals surface area contributed by atoms with Crippen LogP contribution in [-0.2, 0) is 7.05 Å². The summed E-state index contributed by atoms with van der Waals surface area (Å²) in [7, 11) is 3.35. The number of fused-ring (bicyclic) bond motifs is 1. The van der Waals surface area contributed by atoms with E-state index in [1.54, 1.807) is 31.3 Å². The minimum absolute atomic E-state index is 0.0771. The van der Waals surface area contributed by atoms with Gasteiger partial charge in [-0.1, -0.05) is 18.2 Å². The highest BCUT2D eigenvalue weighted by Gasteiger charge is 2.22. The largest absolute Gasteiger partial charge is 0.497 e. The molecule has 29 heavy (non-hydrogen) atoms. The number of methoxy groups -OCH3 is 1. The zero-order chi connectivity index (χ0) is 20.4. The van der Waals surface area contributed by atoms with Gasteiger partial charge >= 0.3 is 6.03 Å². The molecule has 0 saturated carbocycles. The summed E-state index contributed by atoms with van der Waals surface area (Å²) in [5, 5.41) is 4.33. The first-order valence-corrected chi connectivity index (χ1v) is 9.60. The second-order valence-electron chi connectivity index (χ2n) is 7.11. The van der Waals surface area contributed by atoms with Gasteiger partial charge in [0.2, 0.25) is 0 Å². The monoisotopic (exact) mass is 392 g/mol. The van der Waals surface area contributed by atoms with E-state index >= 15 is 0 Å². The Morgan fingerprint density at radius 2 is 1.62 bits per heavy atom. The first-order chi connectivity index (χ1) is 14.1. The molecule has 1 aliphatic heterocycles. The molecule has 150 valence electrons. The van der Waals surface area contributed by atoms with Crippen molar-refractivity contribution in [3.05, 3.63) is 65.1 Å². The molecule has 2 amide bonds. The van der Waals surface area contributed by atoms with Crippen LogP contribution in [0.2, 0.25) is 0 Å². The zero-order valence-corrected chi connectivity index (χ0v) is 16.6. The maximum absolute atomic E-state index is 12.8. The summed E-state index contributed by atoms with van der Waals surface area (Å²) in [6.07, 6.45) is 1.68. The lowest BCUT2D eigenvalue weighted by Crippen LogP contribution is -2.50. The van der Waals surface area contributed by atoms with Crippen LogP contribution in [0.15, 0.2) is 59.5 Å². The minimum atomic E-state index is -0.150. The Morgan fingerprint density at radius 1 is 0.966 bits per heavy atom. The molecule has 3 aromatic rings. The van der Waals surface area contributed by atoms with Crippen LogP contribution in [0.5, 0.6) is 5.75 Å². The molecule has 1 aromatic heterocycles. The number of carbonyl (C=O) groups is 1. The van der Waals surface area contributed by atoms with Crippen LogP contribution in [0.1, 0.15) is 0 Å². The molecule has 1 N–H and O–H groups in total. The SMILES string of the molecule is COc1ccc(N2CCN(C(=O)Nc3cn(C)c(=O)c4ccccc34)CC2)cc1. The van der Waals surface area contributed by atoms with Gasteiger partial charge in [-0.3, -0.25) is 4.79 Å². The van der Waals surface area contributed by atoms with Gasteiger partial charge in [0.15, 0.2) is 0 Å². The van der Waals surface area contributed by atoms with Crippen molar-refractivity contribution < 1.29 is 9.53 Å². The van der Waals surface area contributed by atoms with E-state index in [1.807, 2.05) is 42.5 Å². The highest BCUT2D eigenvalue weighted by Crippen LogP contribution is 2.22. The Labute approximate surface area is 169 Å². The number of urea groups is 1. The van der Waals surface area contributed by atoms with E-state index < -0.39 is 0 Å². The normalized spacial score (nSPS) is 14.1. The Kier molecular flexibility index (Phi) is 5.12. The van der Waals surface area contributed by atoms with E-state index in [0.29, 0.717) is 24.2 Å². The minimum Gasteiger partial charge on any atom is -0.497 e. The average Bonchev–Trinajstić information content (AvgIpc) is 2.77. The summed E-state index contributed by atoms with van der Waals surface area (Å²) in [5.74, 6) is 0.830. The van der Waals surface area contributed by atoms with Crippen LogP contribution in [-0.4, -0.2) is 48.8 Å². The Morgan fingerprint density at radius 3 is 2.28 bits per heavy atom. The third-order valence-electron chi connectivity index (χ3n) is 5.34. The van der Waals surface area contributed by atoms with Crippen molar-refractivity contribution in [2.45, 2.75) is 0 Å². The van der Waals surface area contributed by atoms with Crippen molar-refractivity contribution >= 4 is 28.2 Å². The molecular weight excluding hydrogens is 368 g/mol. The Hall–Kier alpha value is -3.48. The van der Waals surface area contributed by atoms with Gasteiger partial charge in [0.05, 0.1) is 12.8 Å². The molecule has 0 spiro atoms. The van der Waals surface area contributed by atoms with Crippen molar-refractivity contribution in [2.75, 3.05) is 43.5 Å². The van der Waals surface area contributed by atoms with E-state index in [0.717, 1.165) is 29.9 Å². The van der Waals surface area contributed by atoms with Gasteiger partial charge in [0.1, 0.15) is 5.75 Å². The lowest BCUT2D eigenvalue weighted by molar-refractivity contribution is 0.208. The fourth-order valence-electron chi connectivity index (χ4n) is 3.67. The summed E-state index contributed by atoms with van der Waals surface area (Å²) >= 11 is 0. The van der Waals surface area contributed by atoms with E-state index in [4.69, 9.17) is 4.74 Å². The number of nitrogens with one attached hydrogen (secondary N) is 1. The standard InChI is InChI=1S/C22H24N4O3/c1-24-15-20(18-5-3-4-6-19(18)21(24)27)23-22(28)26-13-11-25(12-14-26)16-7-9-17(29-2)10-8-16/h3-10,15H,11-14H2,1-2H3,(H,23,28). The molecule has 0 unspecified atom stereocenters. The first-order valence-electron chi connectivity index (χ1n) is 9.60. The molecule has 0 radical (unpaired) electrons. The summed E-state index contributed by atoms with van der Waals surface area (Å²) in [5.41, 5.74) is 1.69. The van der Waals surface area contributed by atoms with Crippen LogP contribution in [0.4, 0.5) is 16.2 Å². The summed E-state index contributed by atoms with van der Waals surface area (Å²) in [4.78, 5) is 29.2. The van der Waals surface area contributed by atoms with E-state index in [9.17, 15) is 9.59 Å². The number of nitrogens with zero attached hydrogens (tertiary/aromatic N) is 3. The lowest BCUT2D eigenvalue weighted by Gasteiger charge is -2.36. The summed E-state index contributed by atoms with van der Waals surface area (Å²) in [6.45, 7) is 2.77. The molecule has 0 bridgehead atoms. The molecule has 1 aliphatic rings. The smallest absolute Gasteiger partial charge is 0.322 e. The highest BCUT2D eigenvalue weighted by molar-refractivity contribution is 6.01. The van der Waals surface area contributed by atoms with Gasteiger partial charge in [0, 0.05) is 55.9 Å². The number of piperazine rings is 1. The third kappa shape index (κ3) is 3.76. The van der Waals surface area contributed by atoms with Gasteiger partial charge in [-0.2, -0.15) is 0 Å². The number of aryl methyl sites for hydroxylation is 1. The predicted molar refractivity (Wildman–Crippen MR) is 115 cm³/mol. The number of ether oxygens (including phenoxy) is 1. The van der Waals surface area contributed by atoms with Gasteiger partial charge < -0.3 is 24.4 Å². The molecule has 0 atom stereocenters. The van der Waals surface area contributed by atoms with Crippen LogP contribution in [0, 0.1) is 0 Å². The van der Waals surface area contributed by atoms with Crippen molar-refractivity contribution in [3.63, 3.8) is 0 Å². The van der Waals surface area contributed by atoms with Gasteiger partial charge in [-0.05, 0) is 30.3 Å². The molecular formula is C22H24N4O3. The highest BCUT2D eigenvalue weighted by atomic mass is 16.5. The molecule has 2 aromatic carbocycles. The third-order valence-corrected chi connectivity index (χ3v) is 5.34. The summed E-state index contributed by atoms with van der Waals surface area (Å²) < 4.78 is 6.71. The number of pyridine rings is 1. The fourth-order valence-corrected chi connectivity index (χ4v) is 3.67. The zero-order valence-electron chi connectivity index (χ0n) is 16.6. The van der Waals surface area contributed by atoms with Crippen LogP contribution < -0.4 is 20.5 Å². The molecule has 7 heteroatoms. The maximum Gasteiger partial charge on any atom is 0.322 e. The van der Waals surface area contributed by atoms with E-state index in [2.05, 4.69) is 10.2 Å². The number of hydrogen-bond donors (Lipinski definition) is 1. The van der Waals surface area contributed by atoms with Crippen molar-refractivity contribution in [1.29, 1.82) is 0 Å². The number of anilines is 2. The molecule has 2 heterocycles. The number of carbonyl (C=O) groups excluding carboxylic acids is 1. The lowest BCUT2D eigenvalue weighted by atomic mass is 10.1. The molecule has 7 nitrogen and oxygen atoms in total. The first kappa shape index (κ1) is 18.9. The number of benzene rings is 2. The molecule has 1 fully saturated rings. The second-order valence-corrected chi connectivity index (χ2v) is 7.11. The van der Waals surface area contributed by atoms with E-state index in [1.165, 1.54) is 4.57 Å². The quantitative estimate of drug-likeness (QED) is 0.744. The van der Waals surface area contributed by atoms with Crippen LogP contribution in [0.25, 0.3) is 10.8 Å². The second kappa shape index (κ2) is 7.87. The van der Waals surface area contributed by atoms with Crippen molar-refractivity contribution in [1.82, 2.24) is 9.47 Å². The predicted octanol–water partition coefficient (Wildman–Crippen LogP) is 2.90. The van der Waals surface area contributed by atoms with Gasteiger partial charge in [-0.25, -0.2) is 4.79 Å². The van der Waals surface area contributed by atoms with E-state index in [-0.39, 0.29) is 11.6 Å². The Bertz CT molecular complexity index is 1080. The van der Waals surface area contributed by atoms with Crippen LogP contribution in [0.3, 0.4) is 0 Å². The molecule has 4 rings (SSSR count). The number of hydrogen-bond acceptors (Lipinski definition) is 4.